The maximum Gasteiger partial charge on any atom is 0.354 e. The second-order valence-electron chi connectivity index (χ2n) is 4.52. The lowest BCUT2D eigenvalue weighted by molar-refractivity contribution is 0.0453. The quantitative estimate of drug-likeness (QED) is 0.631. The number of aromatic amines is 1. The summed E-state index contributed by atoms with van der Waals surface area (Å²) in [5.74, 6) is 0.00689. The highest BCUT2D eigenvalue weighted by Crippen LogP contribution is 2.18. The fourth-order valence-corrected chi connectivity index (χ4v) is 1.58. The fraction of sp³-hybridized carbons (Fsp3) is 0.308. The van der Waals surface area contributed by atoms with Crippen molar-refractivity contribution in [2.45, 2.75) is 13.8 Å². The number of nitrogen functional groups attached to an aromatic ring is 1. The standard InChI is InChI=1S/C13H16N2O2/c1-8(2)7-17-13(16)12-6-9-5-10(14)3-4-11(9)15-12/h3-6,8,15H,7,14H2,1-2H3. The minimum atomic E-state index is -0.325. The van der Waals surface area contributed by atoms with E-state index < -0.39 is 0 Å². The Morgan fingerprint density at radius 3 is 2.88 bits per heavy atom. The SMILES string of the molecule is CC(C)COC(=O)c1cc2cc(N)ccc2[nH]1. The van der Waals surface area contributed by atoms with E-state index >= 15 is 0 Å². The van der Waals surface area contributed by atoms with Gasteiger partial charge in [0, 0.05) is 16.6 Å². The molecule has 0 aliphatic carbocycles. The van der Waals surface area contributed by atoms with Crippen LogP contribution in [0.2, 0.25) is 0 Å². The van der Waals surface area contributed by atoms with E-state index in [9.17, 15) is 4.79 Å². The van der Waals surface area contributed by atoms with E-state index in [4.69, 9.17) is 10.5 Å². The molecule has 1 aromatic carbocycles. The number of esters is 1. The van der Waals surface area contributed by atoms with Crippen molar-refractivity contribution < 1.29 is 9.53 Å². The first-order valence-electron chi connectivity index (χ1n) is 5.61. The van der Waals surface area contributed by atoms with Crippen molar-refractivity contribution in [1.29, 1.82) is 0 Å². The molecule has 0 amide bonds. The van der Waals surface area contributed by atoms with Gasteiger partial charge in [0.25, 0.3) is 0 Å². The Morgan fingerprint density at radius 2 is 2.18 bits per heavy atom. The van der Waals surface area contributed by atoms with Gasteiger partial charge in [0.05, 0.1) is 6.61 Å². The molecule has 17 heavy (non-hydrogen) atoms. The summed E-state index contributed by atoms with van der Waals surface area (Å²) in [7, 11) is 0. The number of nitrogens with two attached hydrogens (primary N) is 1. The summed E-state index contributed by atoms with van der Waals surface area (Å²) >= 11 is 0. The van der Waals surface area contributed by atoms with Crippen molar-refractivity contribution in [3.63, 3.8) is 0 Å². The number of carbonyl (C=O) groups is 1. The summed E-state index contributed by atoms with van der Waals surface area (Å²) in [6.07, 6.45) is 0. The molecule has 0 saturated heterocycles. The minimum absolute atomic E-state index is 0.325. The molecule has 4 heteroatoms. The molecule has 2 aromatic rings. The van der Waals surface area contributed by atoms with E-state index in [-0.39, 0.29) is 5.97 Å². The third-order valence-electron chi connectivity index (χ3n) is 2.41. The summed E-state index contributed by atoms with van der Waals surface area (Å²) in [5, 5.41) is 0.918. The van der Waals surface area contributed by atoms with E-state index in [1.54, 1.807) is 12.1 Å². The Bertz CT molecular complexity index is 543. The van der Waals surface area contributed by atoms with Crippen molar-refractivity contribution in [3.8, 4) is 0 Å². The molecule has 0 fully saturated rings. The topological polar surface area (TPSA) is 68.1 Å². The number of carbonyl (C=O) groups excluding carboxylic acids is 1. The smallest absolute Gasteiger partial charge is 0.354 e. The number of anilines is 1. The predicted octanol–water partition coefficient (Wildman–Crippen LogP) is 2.56. The molecule has 0 aliphatic heterocycles. The van der Waals surface area contributed by atoms with Crippen LogP contribution in [0, 0.1) is 5.92 Å². The third kappa shape index (κ3) is 2.58. The highest BCUT2D eigenvalue weighted by molar-refractivity contribution is 5.95. The normalized spacial score (nSPS) is 11.0. The zero-order valence-corrected chi connectivity index (χ0v) is 9.99. The molecule has 0 saturated carbocycles. The molecule has 0 bridgehead atoms. The number of fused-ring (bicyclic) bond motifs is 1. The molecule has 0 radical (unpaired) electrons. The molecule has 2 rings (SSSR count). The average molecular weight is 232 g/mol. The Kier molecular flexibility index (Phi) is 3.04. The lowest BCUT2D eigenvalue weighted by Gasteiger charge is -2.05. The summed E-state index contributed by atoms with van der Waals surface area (Å²) < 4.78 is 5.15. The molecule has 0 atom stereocenters. The molecule has 3 N–H and O–H groups in total. The molecule has 90 valence electrons. The van der Waals surface area contributed by atoms with E-state index in [0.29, 0.717) is 23.9 Å². The van der Waals surface area contributed by atoms with Gasteiger partial charge in [-0.1, -0.05) is 13.8 Å². The van der Waals surface area contributed by atoms with E-state index in [1.165, 1.54) is 0 Å². The highest BCUT2D eigenvalue weighted by atomic mass is 16.5. The Morgan fingerprint density at radius 1 is 1.41 bits per heavy atom. The van der Waals surface area contributed by atoms with Gasteiger partial charge in [0.1, 0.15) is 5.69 Å². The molecule has 4 nitrogen and oxygen atoms in total. The van der Waals surface area contributed by atoms with Crippen LogP contribution in [0.5, 0.6) is 0 Å². The number of benzene rings is 1. The monoisotopic (exact) mass is 232 g/mol. The highest BCUT2D eigenvalue weighted by Gasteiger charge is 2.11. The lowest BCUT2D eigenvalue weighted by atomic mass is 10.2. The van der Waals surface area contributed by atoms with Crippen LogP contribution in [0.15, 0.2) is 24.3 Å². The Hall–Kier alpha value is -1.97. The van der Waals surface area contributed by atoms with Crippen LogP contribution in [0.1, 0.15) is 24.3 Å². The van der Waals surface area contributed by atoms with Gasteiger partial charge in [-0.25, -0.2) is 4.79 Å². The average Bonchev–Trinajstić information content (AvgIpc) is 2.68. The van der Waals surface area contributed by atoms with Crippen molar-refractivity contribution in [2.24, 2.45) is 5.92 Å². The largest absolute Gasteiger partial charge is 0.461 e. The molecule has 1 aromatic heterocycles. The van der Waals surface area contributed by atoms with E-state index in [1.807, 2.05) is 26.0 Å². The molecule has 1 heterocycles. The Balaban J connectivity index is 2.21. The molecule has 0 aliphatic rings. The van der Waals surface area contributed by atoms with Gasteiger partial charge < -0.3 is 15.5 Å². The van der Waals surface area contributed by atoms with Crippen LogP contribution < -0.4 is 5.73 Å². The predicted molar refractivity (Wildman–Crippen MR) is 67.8 cm³/mol. The first kappa shape index (κ1) is 11.5. The number of nitrogens with one attached hydrogen (secondary N) is 1. The van der Waals surface area contributed by atoms with Crippen LogP contribution in [0.3, 0.4) is 0 Å². The second kappa shape index (κ2) is 4.49. The number of rotatable bonds is 3. The van der Waals surface area contributed by atoms with Crippen LogP contribution in [0.4, 0.5) is 5.69 Å². The van der Waals surface area contributed by atoms with Crippen molar-refractivity contribution in [2.75, 3.05) is 12.3 Å². The molecule has 0 unspecified atom stereocenters. The van der Waals surface area contributed by atoms with Gasteiger partial charge in [-0.15, -0.1) is 0 Å². The first-order valence-corrected chi connectivity index (χ1v) is 5.61. The van der Waals surface area contributed by atoms with Gasteiger partial charge in [-0.3, -0.25) is 0 Å². The summed E-state index contributed by atoms with van der Waals surface area (Å²) in [6.45, 7) is 4.43. The fourth-order valence-electron chi connectivity index (χ4n) is 1.58. The number of aromatic nitrogens is 1. The van der Waals surface area contributed by atoms with E-state index in [2.05, 4.69) is 4.98 Å². The molecule has 0 spiro atoms. The maximum absolute atomic E-state index is 11.7. The van der Waals surface area contributed by atoms with Crippen molar-refractivity contribution in [1.82, 2.24) is 4.98 Å². The molecular formula is C13H16N2O2. The van der Waals surface area contributed by atoms with Gasteiger partial charge >= 0.3 is 5.97 Å². The zero-order chi connectivity index (χ0) is 12.4. The first-order chi connectivity index (χ1) is 8.06. The maximum atomic E-state index is 11.7. The van der Waals surface area contributed by atoms with Gasteiger partial charge in [-0.05, 0) is 30.2 Å². The van der Waals surface area contributed by atoms with Crippen molar-refractivity contribution in [3.05, 3.63) is 30.0 Å². The summed E-state index contributed by atoms with van der Waals surface area (Å²) in [6, 6.07) is 7.23. The minimum Gasteiger partial charge on any atom is -0.461 e. The van der Waals surface area contributed by atoms with Gasteiger partial charge in [-0.2, -0.15) is 0 Å². The van der Waals surface area contributed by atoms with Crippen LogP contribution in [0.25, 0.3) is 10.9 Å². The number of hydrogen-bond acceptors (Lipinski definition) is 3. The van der Waals surface area contributed by atoms with Crippen LogP contribution in [-0.4, -0.2) is 17.6 Å². The Labute approximate surface area is 99.8 Å². The van der Waals surface area contributed by atoms with Crippen molar-refractivity contribution >= 4 is 22.6 Å². The van der Waals surface area contributed by atoms with Crippen LogP contribution >= 0.6 is 0 Å². The third-order valence-corrected chi connectivity index (χ3v) is 2.41. The van der Waals surface area contributed by atoms with Gasteiger partial charge in [0.15, 0.2) is 0 Å². The van der Waals surface area contributed by atoms with Crippen LogP contribution in [-0.2, 0) is 4.74 Å². The number of H-pyrrole nitrogens is 1. The summed E-state index contributed by atoms with van der Waals surface area (Å²) in [5.41, 5.74) is 7.71. The number of hydrogen-bond donors (Lipinski definition) is 2. The number of ether oxygens (including phenoxy) is 1. The van der Waals surface area contributed by atoms with Gasteiger partial charge in [0.2, 0.25) is 0 Å². The summed E-state index contributed by atoms with van der Waals surface area (Å²) in [4.78, 5) is 14.7. The second-order valence-corrected chi connectivity index (χ2v) is 4.52. The lowest BCUT2D eigenvalue weighted by Crippen LogP contribution is -2.10. The van der Waals surface area contributed by atoms with E-state index in [0.717, 1.165) is 10.9 Å². The molecular weight excluding hydrogens is 216 g/mol. The zero-order valence-electron chi connectivity index (χ0n) is 9.99.